The van der Waals surface area contributed by atoms with Gasteiger partial charge in [0.2, 0.25) is 0 Å². The molecular weight excluding hydrogens is 474 g/mol. The van der Waals surface area contributed by atoms with Gasteiger partial charge in [0.1, 0.15) is 17.3 Å². The van der Waals surface area contributed by atoms with Gasteiger partial charge in [-0.15, -0.1) is 0 Å². The van der Waals surface area contributed by atoms with E-state index in [2.05, 4.69) is 14.6 Å². The first-order chi connectivity index (χ1) is 16.0. The Hall–Kier alpha value is -3.18. The van der Waals surface area contributed by atoms with Crippen molar-refractivity contribution in [1.82, 2.24) is 9.88 Å². The summed E-state index contributed by atoms with van der Waals surface area (Å²) in [5, 5.41) is 0. The van der Waals surface area contributed by atoms with Gasteiger partial charge >= 0.3 is 6.18 Å². The highest BCUT2D eigenvalue weighted by Crippen LogP contribution is 2.30. The number of nitrogens with one attached hydrogen (secondary N) is 1. The maximum atomic E-state index is 13.4. The summed E-state index contributed by atoms with van der Waals surface area (Å²) >= 11 is 0. The first-order valence-electron chi connectivity index (χ1n) is 10.3. The van der Waals surface area contributed by atoms with Gasteiger partial charge < -0.3 is 4.74 Å². The summed E-state index contributed by atoms with van der Waals surface area (Å²) in [5.41, 5.74) is 1.66. The minimum absolute atomic E-state index is 0.0648. The molecule has 0 amide bonds. The molecule has 11 heteroatoms. The molecule has 34 heavy (non-hydrogen) atoms. The third kappa shape index (κ3) is 5.31. The van der Waals surface area contributed by atoms with Gasteiger partial charge in [-0.3, -0.25) is 14.6 Å². The lowest BCUT2D eigenvalue weighted by Gasteiger charge is -2.29. The molecule has 0 fully saturated rings. The van der Waals surface area contributed by atoms with Gasteiger partial charge in [-0.05, 0) is 53.4 Å². The van der Waals surface area contributed by atoms with Crippen LogP contribution in [-0.4, -0.2) is 32.0 Å². The zero-order valence-electron chi connectivity index (χ0n) is 18.1. The van der Waals surface area contributed by atoms with Crippen LogP contribution in [0.5, 0.6) is 5.75 Å². The molecule has 4 rings (SSSR count). The summed E-state index contributed by atoms with van der Waals surface area (Å²) in [4.78, 5) is 5.62. The molecule has 1 N–H and O–H groups in total. The number of aromatic nitrogens is 1. The maximum absolute atomic E-state index is 13.4. The molecule has 1 aliphatic heterocycles. The van der Waals surface area contributed by atoms with Crippen LogP contribution in [0, 0.1) is 5.82 Å². The molecule has 0 saturated heterocycles. The summed E-state index contributed by atoms with van der Waals surface area (Å²) in [6.45, 7) is 1.56. The quantitative estimate of drug-likeness (QED) is 0.506. The van der Waals surface area contributed by atoms with Crippen LogP contribution in [0.15, 0.2) is 59.6 Å². The molecule has 2 heterocycles. The van der Waals surface area contributed by atoms with Crippen LogP contribution in [0.25, 0.3) is 0 Å². The molecule has 1 aliphatic rings. The maximum Gasteiger partial charge on any atom is 0.433 e. The number of ether oxygens (including phenoxy) is 1. The number of halogens is 4. The van der Waals surface area contributed by atoms with E-state index in [4.69, 9.17) is 4.74 Å². The lowest BCUT2D eigenvalue weighted by Crippen LogP contribution is -2.30. The average Bonchev–Trinajstić information content (AvgIpc) is 2.79. The van der Waals surface area contributed by atoms with Crippen molar-refractivity contribution in [3.8, 4) is 5.75 Å². The van der Waals surface area contributed by atoms with Crippen LogP contribution < -0.4 is 9.46 Å². The number of hydrogen-bond acceptors (Lipinski definition) is 5. The van der Waals surface area contributed by atoms with Crippen LogP contribution in [0.4, 0.5) is 23.2 Å². The Bertz CT molecular complexity index is 1300. The largest absolute Gasteiger partial charge is 0.494 e. The molecule has 1 aromatic heterocycles. The van der Waals surface area contributed by atoms with E-state index in [1.165, 1.54) is 31.5 Å². The van der Waals surface area contributed by atoms with Gasteiger partial charge in [0, 0.05) is 31.9 Å². The van der Waals surface area contributed by atoms with E-state index in [0.717, 1.165) is 29.3 Å². The Balaban J connectivity index is 1.46. The van der Waals surface area contributed by atoms with Gasteiger partial charge in [0.25, 0.3) is 10.0 Å². The second kappa shape index (κ2) is 9.22. The van der Waals surface area contributed by atoms with Crippen molar-refractivity contribution >= 4 is 15.7 Å². The van der Waals surface area contributed by atoms with E-state index in [0.29, 0.717) is 31.6 Å². The Morgan fingerprint density at radius 3 is 2.56 bits per heavy atom. The molecule has 6 nitrogen and oxygen atoms in total. The number of nitrogens with zero attached hydrogens (tertiary/aromatic N) is 2. The SMILES string of the molecule is COc1cc(F)ccc1NS(=O)(=O)c1ccc2c(c1)CCN(Cc1ccc(C(F)(F)F)nc1)C2. The predicted octanol–water partition coefficient (Wildman–Crippen LogP) is 4.61. The van der Waals surface area contributed by atoms with E-state index in [1.807, 2.05) is 0 Å². The summed E-state index contributed by atoms with van der Waals surface area (Å²) in [6.07, 6.45) is -2.67. The monoisotopic (exact) mass is 495 g/mol. The van der Waals surface area contributed by atoms with Crippen LogP contribution in [0.2, 0.25) is 0 Å². The average molecular weight is 495 g/mol. The number of pyridine rings is 1. The molecule has 0 bridgehead atoms. The van der Waals surface area contributed by atoms with Crippen molar-refractivity contribution < 1.29 is 30.7 Å². The number of methoxy groups -OCH3 is 1. The number of benzene rings is 2. The van der Waals surface area contributed by atoms with Crippen molar-refractivity contribution in [2.45, 2.75) is 30.6 Å². The van der Waals surface area contributed by atoms with Crippen molar-refractivity contribution in [3.05, 3.63) is 82.9 Å². The Morgan fingerprint density at radius 2 is 1.88 bits per heavy atom. The molecule has 3 aromatic rings. The fourth-order valence-corrected chi connectivity index (χ4v) is 4.91. The van der Waals surface area contributed by atoms with E-state index in [-0.39, 0.29) is 16.3 Å². The van der Waals surface area contributed by atoms with Gasteiger partial charge in [-0.2, -0.15) is 13.2 Å². The van der Waals surface area contributed by atoms with Crippen LogP contribution >= 0.6 is 0 Å². The van der Waals surface area contributed by atoms with Crippen LogP contribution in [-0.2, 0) is 35.7 Å². The number of fused-ring (bicyclic) bond motifs is 1. The Labute approximate surface area is 194 Å². The molecule has 0 spiro atoms. The third-order valence-electron chi connectivity index (χ3n) is 5.51. The predicted molar refractivity (Wildman–Crippen MR) is 117 cm³/mol. The highest BCUT2D eigenvalue weighted by atomic mass is 32.2. The van der Waals surface area contributed by atoms with Crippen molar-refractivity contribution in [3.63, 3.8) is 0 Å². The number of alkyl halides is 3. The van der Waals surface area contributed by atoms with Crippen molar-refractivity contribution in [2.24, 2.45) is 0 Å². The van der Waals surface area contributed by atoms with Crippen molar-refractivity contribution in [1.29, 1.82) is 0 Å². The third-order valence-corrected chi connectivity index (χ3v) is 6.87. The second-order valence-corrected chi connectivity index (χ2v) is 9.57. The normalized spacial score (nSPS) is 14.5. The first-order valence-corrected chi connectivity index (χ1v) is 11.8. The van der Waals surface area contributed by atoms with Crippen LogP contribution in [0.3, 0.4) is 0 Å². The minimum Gasteiger partial charge on any atom is -0.494 e. The van der Waals surface area contributed by atoms with Gasteiger partial charge in [-0.1, -0.05) is 12.1 Å². The van der Waals surface area contributed by atoms with E-state index >= 15 is 0 Å². The topological polar surface area (TPSA) is 71.5 Å². The number of hydrogen-bond donors (Lipinski definition) is 1. The Morgan fingerprint density at radius 1 is 1.09 bits per heavy atom. The molecule has 180 valence electrons. The number of anilines is 1. The van der Waals surface area contributed by atoms with E-state index < -0.39 is 27.7 Å². The molecule has 2 aromatic carbocycles. The number of rotatable bonds is 6. The zero-order chi connectivity index (χ0) is 24.5. The standard InChI is InChI=1S/C23H21F4N3O3S/c1-33-21-11-18(24)4-6-20(21)29-34(31,32)19-5-3-17-14-30(9-8-16(17)10-19)13-15-2-7-22(28-12-15)23(25,26)27/h2-7,10-12,29H,8-9,13-14H2,1H3. The molecular formula is C23H21F4N3O3S. The van der Waals surface area contributed by atoms with Gasteiger partial charge in [0.05, 0.1) is 17.7 Å². The molecule has 0 atom stereocenters. The minimum atomic E-state index is -4.47. The van der Waals surface area contributed by atoms with E-state index in [9.17, 15) is 26.0 Å². The number of sulfonamides is 1. The Kier molecular flexibility index (Phi) is 6.50. The first kappa shape index (κ1) is 24.0. The fraction of sp³-hybridized carbons (Fsp3) is 0.261. The van der Waals surface area contributed by atoms with Gasteiger partial charge in [-0.25, -0.2) is 12.8 Å². The fourth-order valence-electron chi connectivity index (χ4n) is 3.79. The highest BCUT2D eigenvalue weighted by molar-refractivity contribution is 7.92. The zero-order valence-corrected chi connectivity index (χ0v) is 18.9. The lowest BCUT2D eigenvalue weighted by atomic mass is 9.99. The summed E-state index contributed by atoms with van der Waals surface area (Å²) in [6, 6.07) is 10.7. The lowest BCUT2D eigenvalue weighted by molar-refractivity contribution is -0.141. The molecule has 0 unspecified atom stereocenters. The second-order valence-electron chi connectivity index (χ2n) is 7.89. The molecule has 0 radical (unpaired) electrons. The van der Waals surface area contributed by atoms with Gasteiger partial charge in [0.15, 0.2) is 0 Å². The highest BCUT2D eigenvalue weighted by Gasteiger charge is 2.32. The summed E-state index contributed by atoms with van der Waals surface area (Å²) in [7, 11) is -2.62. The van der Waals surface area contributed by atoms with E-state index in [1.54, 1.807) is 12.1 Å². The van der Waals surface area contributed by atoms with Crippen LogP contribution in [0.1, 0.15) is 22.4 Å². The summed E-state index contributed by atoms with van der Waals surface area (Å²) < 4.78 is 84.7. The molecule has 0 saturated carbocycles. The molecule has 0 aliphatic carbocycles. The summed E-state index contributed by atoms with van der Waals surface area (Å²) in [5.74, 6) is -0.486. The smallest absolute Gasteiger partial charge is 0.433 e. The van der Waals surface area contributed by atoms with Crippen molar-refractivity contribution in [2.75, 3.05) is 18.4 Å².